The van der Waals surface area contributed by atoms with Crippen LogP contribution in [0.1, 0.15) is 27.2 Å². The van der Waals surface area contributed by atoms with E-state index < -0.39 is 5.91 Å². The molecule has 4 N–H and O–H groups in total. The van der Waals surface area contributed by atoms with E-state index in [1.165, 1.54) is 4.90 Å². The van der Waals surface area contributed by atoms with E-state index in [2.05, 4.69) is 0 Å². The van der Waals surface area contributed by atoms with Crippen molar-refractivity contribution in [2.24, 2.45) is 16.9 Å². The summed E-state index contributed by atoms with van der Waals surface area (Å²) in [5.74, 6) is -0.675. The summed E-state index contributed by atoms with van der Waals surface area (Å²) in [5, 5.41) is 0. The van der Waals surface area contributed by atoms with Crippen molar-refractivity contribution in [1.29, 1.82) is 0 Å². The van der Waals surface area contributed by atoms with E-state index in [0.29, 0.717) is 0 Å². The lowest BCUT2D eigenvalue weighted by molar-refractivity contribution is -0.134. The van der Waals surface area contributed by atoms with Gasteiger partial charge in [0.05, 0.1) is 6.54 Å². The van der Waals surface area contributed by atoms with Crippen molar-refractivity contribution in [2.75, 3.05) is 13.6 Å². The Bertz CT molecular complexity index is 246. The van der Waals surface area contributed by atoms with E-state index in [1.54, 1.807) is 7.05 Å². The summed E-state index contributed by atoms with van der Waals surface area (Å²) in [6, 6.07) is -0.222. The Morgan fingerprint density at radius 3 is 2.13 bits per heavy atom. The van der Waals surface area contributed by atoms with Crippen LogP contribution in [-0.4, -0.2) is 36.3 Å². The Labute approximate surface area is 90.8 Å². The number of hydrogen-bond donors (Lipinski definition) is 2. The van der Waals surface area contributed by atoms with Crippen LogP contribution in [0.15, 0.2) is 0 Å². The lowest BCUT2D eigenvalue weighted by Gasteiger charge is -2.28. The highest BCUT2D eigenvalue weighted by molar-refractivity contribution is 5.83. The van der Waals surface area contributed by atoms with E-state index in [4.69, 9.17) is 11.5 Å². The molecule has 0 heterocycles. The van der Waals surface area contributed by atoms with Crippen molar-refractivity contribution in [3.05, 3.63) is 0 Å². The number of carbonyl (C=O) groups is 2. The first-order chi connectivity index (χ1) is 6.64. The van der Waals surface area contributed by atoms with Gasteiger partial charge in [-0.25, -0.2) is 0 Å². The zero-order valence-electron chi connectivity index (χ0n) is 9.91. The molecule has 5 nitrogen and oxygen atoms in total. The highest BCUT2D eigenvalue weighted by Gasteiger charge is 2.24. The number of likely N-dealkylation sites (N-methyl/N-ethyl adjacent to an activating group) is 1. The third-order valence-corrected chi connectivity index (χ3v) is 2.33. The van der Waals surface area contributed by atoms with Gasteiger partial charge in [0.1, 0.15) is 0 Å². The number of hydrogen-bond acceptors (Lipinski definition) is 3. The Morgan fingerprint density at radius 2 is 1.80 bits per heavy atom. The van der Waals surface area contributed by atoms with Crippen molar-refractivity contribution in [2.45, 2.75) is 33.2 Å². The molecule has 0 rings (SSSR count). The minimum atomic E-state index is -0.518. The molecule has 0 aliphatic carbocycles. The molecule has 0 spiro atoms. The number of primary amides is 1. The molecule has 0 bridgehead atoms. The smallest absolute Gasteiger partial charge is 0.237 e. The Balaban J connectivity index is 4.19. The Hall–Kier alpha value is -1.10. The summed E-state index contributed by atoms with van der Waals surface area (Å²) < 4.78 is 0. The van der Waals surface area contributed by atoms with E-state index >= 15 is 0 Å². The summed E-state index contributed by atoms with van der Waals surface area (Å²) in [7, 11) is 1.54. The number of rotatable bonds is 4. The van der Waals surface area contributed by atoms with Crippen LogP contribution >= 0.6 is 0 Å². The number of carbonyl (C=O) groups excluding carboxylic acids is 2. The minimum Gasteiger partial charge on any atom is -0.368 e. The van der Waals surface area contributed by atoms with Crippen molar-refractivity contribution >= 4 is 11.8 Å². The summed E-state index contributed by atoms with van der Waals surface area (Å²) in [5.41, 5.74) is 10.7. The number of amides is 2. The lowest BCUT2D eigenvalue weighted by atomic mass is 9.85. The molecule has 15 heavy (non-hydrogen) atoms. The second-order valence-electron chi connectivity index (χ2n) is 4.89. The van der Waals surface area contributed by atoms with Crippen LogP contribution in [-0.2, 0) is 9.59 Å². The first-order valence-corrected chi connectivity index (χ1v) is 4.92. The van der Waals surface area contributed by atoms with Crippen molar-refractivity contribution < 1.29 is 9.59 Å². The van der Waals surface area contributed by atoms with Crippen LogP contribution in [0.2, 0.25) is 0 Å². The summed E-state index contributed by atoms with van der Waals surface area (Å²) in [6.45, 7) is 5.85. The largest absolute Gasteiger partial charge is 0.368 e. The zero-order chi connectivity index (χ0) is 12.2. The van der Waals surface area contributed by atoms with E-state index in [1.807, 2.05) is 20.8 Å². The van der Waals surface area contributed by atoms with Crippen molar-refractivity contribution in [3.63, 3.8) is 0 Å². The summed E-state index contributed by atoms with van der Waals surface area (Å²) in [4.78, 5) is 23.5. The van der Waals surface area contributed by atoms with Gasteiger partial charge in [-0.15, -0.1) is 0 Å². The molecule has 0 aromatic carbocycles. The second kappa shape index (κ2) is 5.11. The van der Waals surface area contributed by atoms with Gasteiger partial charge in [0.15, 0.2) is 0 Å². The molecule has 1 atom stereocenters. The predicted molar refractivity (Wildman–Crippen MR) is 58.9 cm³/mol. The Morgan fingerprint density at radius 1 is 1.33 bits per heavy atom. The third-order valence-electron chi connectivity index (χ3n) is 2.33. The van der Waals surface area contributed by atoms with Crippen LogP contribution in [0, 0.1) is 5.41 Å². The Kier molecular flexibility index (Phi) is 4.74. The van der Waals surface area contributed by atoms with Gasteiger partial charge in [-0.2, -0.15) is 0 Å². The van der Waals surface area contributed by atoms with Gasteiger partial charge in [-0.3, -0.25) is 9.59 Å². The van der Waals surface area contributed by atoms with Gasteiger partial charge in [0.25, 0.3) is 0 Å². The maximum Gasteiger partial charge on any atom is 0.237 e. The molecule has 0 fully saturated rings. The normalized spacial score (nSPS) is 13.4. The maximum atomic E-state index is 11.6. The molecule has 2 amide bonds. The molecular formula is C10H21N3O2. The topological polar surface area (TPSA) is 89.4 Å². The highest BCUT2D eigenvalue weighted by Crippen LogP contribution is 2.20. The molecule has 0 saturated heterocycles. The van der Waals surface area contributed by atoms with Gasteiger partial charge in [-0.1, -0.05) is 20.8 Å². The zero-order valence-corrected chi connectivity index (χ0v) is 9.91. The monoisotopic (exact) mass is 215 g/mol. The summed E-state index contributed by atoms with van der Waals surface area (Å²) in [6.07, 6.45) is 0.229. The molecule has 0 aromatic heterocycles. The summed E-state index contributed by atoms with van der Waals surface area (Å²) >= 11 is 0. The van der Waals surface area contributed by atoms with Gasteiger partial charge in [0, 0.05) is 19.5 Å². The minimum absolute atomic E-state index is 0.0598. The van der Waals surface area contributed by atoms with E-state index in [9.17, 15) is 9.59 Å². The van der Waals surface area contributed by atoms with Crippen LogP contribution in [0.25, 0.3) is 0 Å². The van der Waals surface area contributed by atoms with E-state index in [0.717, 1.165) is 0 Å². The van der Waals surface area contributed by atoms with Gasteiger partial charge >= 0.3 is 0 Å². The van der Waals surface area contributed by atoms with E-state index in [-0.39, 0.29) is 30.3 Å². The van der Waals surface area contributed by atoms with Crippen molar-refractivity contribution in [1.82, 2.24) is 4.90 Å². The van der Waals surface area contributed by atoms with Crippen LogP contribution < -0.4 is 11.5 Å². The van der Waals surface area contributed by atoms with Crippen LogP contribution in [0.5, 0.6) is 0 Å². The molecular weight excluding hydrogens is 194 g/mol. The van der Waals surface area contributed by atoms with Gasteiger partial charge in [-0.05, 0) is 5.41 Å². The maximum absolute atomic E-state index is 11.6. The quantitative estimate of drug-likeness (QED) is 0.674. The lowest BCUT2D eigenvalue weighted by Crippen LogP contribution is -2.42. The van der Waals surface area contributed by atoms with Crippen LogP contribution in [0.3, 0.4) is 0 Å². The first kappa shape index (κ1) is 13.9. The fourth-order valence-corrected chi connectivity index (χ4v) is 0.972. The second-order valence-corrected chi connectivity index (χ2v) is 4.89. The fourth-order valence-electron chi connectivity index (χ4n) is 0.972. The van der Waals surface area contributed by atoms with Crippen molar-refractivity contribution in [3.8, 4) is 0 Å². The molecule has 0 aliphatic rings. The van der Waals surface area contributed by atoms with Gasteiger partial charge in [0.2, 0.25) is 11.8 Å². The SMILES string of the molecule is CN(CC(N)=O)C(=O)CC(N)C(C)(C)C. The molecule has 88 valence electrons. The van der Waals surface area contributed by atoms with Gasteiger partial charge < -0.3 is 16.4 Å². The van der Waals surface area contributed by atoms with Crippen LogP contribution in [0.4, 0.5) is 0 Å². The molecule has 0 saturated carbocycles. The first-order valence-electron chi connectivity index (χ1n) is 4.92. The molecule has 1 unspecified atom stereocenters. The highest BCUT2D eigenvalue weighted by atomic mass is 16.2. The molecule has 5 heteroatoms. The third kappa shape index (κ3) is 5.37. The molecule has 0 radical (unpaired) electrons. The number of nitrogens with zero attached hydrogens (tertiary/aromatic N) is 1. The molecule has 0 aliphatic heterocycles. The number of nitrogens with two attached hydrogens (primary N) is 2. The molecule has 0 aromatic rings. The fraction of sp³-hybridized carbons (Fsp3) is 0.800. The predicted octanol–water partition coefficient (Wildman–Crippen LogP) is -0.306. The average molecular weight is 215 g/mol. The standard InChI is InChI=1S/C10H21N3O2/c1-10(2,3)7(11)5-9(15)13(4)6-8(12)14/h7H,5-6,11H2,1-4H3,(H2,12,14). The average Bonchev–Trinajstić information content (AvgIpc) is 2.00.